The van der Waals surface area contributed by atoms with E-state index in [2.05, 4.69) is 39.0 Å². The summed E-state index contributed by atoms with van der Waals surface area (Å²) in [5, 5.41) is 0. The normalized spacial score (nSPS) is 16.7. The molecule has 0 aromatic heterocycles. The van der Waals surface area contributed by atoms with Crippen LogP contribution >= 0.6 is 15.9 Å². The number of hydrogen-bond acceptors (Lipinski definition) is 3. The standard InChI is InChI=1S/C11H14BrN3/c12-10-2-1-8-5-15(6-9(8)3-10)7-11(14)4-13/h1-4H,5-7,13-14H2/b11-4-. The molecule has 3 nitrogen and oxygen atoms in total. The molecule has 2 rings (SSSR count). The van der Waals surface area contributed by atoms with E-state index in [1.54, 1.807) is 0 Å². The molecule has 1 aliphatic rings. The molecule has 0 fully saturated rings. The van der Waals surface area contributed by atoms with Crippen LogP contribution in [0.5, 0.6) is 0 Å². The smallest absolute Gasteiger partial charge is 0.0401 e. The zero-order chi connectivity index (χ0) is 10.8. The number of rotatable bonds is 2. The molecular formula is C11H14BrN3. The molecular weight excluding hydrogens is 254 g/mol. The van der Waals surface area contributed by atoms with Crippen LogP contribution < -0.4 is 11.5 Å². The summed E-state index contributed by atoms with van der Waals surface area (Å²) in [6.45, 7) is 2.64. The van der Waals surface area contributed by atoms with Crippen molar-refractivity contribution in [1.82, 2.24) is 4.90 Å². The summed E-state index contributed by atoms with van der Waals surface area (Å²) in [5.74, 6) is 0. The third kappa shape index (κ3) is 2.33. The maximum absolute atomic E-state index is 5.70. The Bertz CT molecular complexity index is 401. The highest BCUT2D eigenvalue weighted by Crippen LogP contribution is 2.25. The minimum Gasteiger partial charge on any atom is -0.403 e. The van der Waals surface area contributed by atoms with E-state index in [0.717, 1.165) is 29.8 Å². The Kier molecular flexibility index (Phi) is 2.98. The van der Waals surface area contributed by atoms with E-state index in [4.69, 9.17) is 11.5 Å². The van der Waals surface area contributed by atoms with Crippen LogP contribution in [0.25, 0.3) is 0 Å². The minimum absolute atomic E-state index is 0.724. The predicted molar refractivity (Wildman–Crippen MR) is 64.7 cm³/mol. The first-order valence-electron chi connectivity index (χ1n) is 4.85. The van der Waals surface area contributed by atoms with Crippen LogP contribution in [0.1, 0.15) is 11.1 Å². The van der Waals surface area contributed by atoms with Gasteiger partial charge in [-0.2, -0.15) is 0 Å². The number of nitrogens with two attached hydrogens (primary N) is 2. The molecule has 0 spiro atoms. The van der Waals surface area contributed by atoms with Gasteiger partial charge in [-0.15, -0.1) is 0 Å². The first-order chi connectivity index (χ1) is 7.19. The van der Waals surface area contributed by atoms with Gasteiger partial charge >= 0.3 is 0 Å². The molecule has 0 saturated heterocycles. The molecule has 0 unspecified atom stereocenters. The van der Waals surface area contributed by atoms with Crippen molar-refractivity contribution in [3.05, 3.63) is 45.7 Å². The lowest BCUT2D eigenvalue weighted by Crippen LogP contribution is -2.23. The first-order valence-corrected chi connectivity index (χ1v) is 5.64. The number of benzene rings is 1. The molecule has 1 heterocycles. The molecule has 0 bridgehead atoms. The number of halogens is 1. The van der Waals surface area contributed by atoms with E-state index < -0.39 is 0 Å². The van der Waals surface area contributed by atoms with E-state index in [0.29, 0.717) is 0 Å². The van der Waals surface area contributed by atoms with Gasteiger partial charge in [-0.3, -0.25) is 4.90 Å². The van der Waals surface area contributed by atoms with Crippen molar-refractivity contribution >= 4 is 15.9 Å². The Labute approximate surface area is 97.9 Å². The Morgan fingerprint density at radius 1 is 1.40 bits per heavy atom. The SMILES string of the molecule is N/C=C(\N)CN1Cc2ccc(Br)cc2C1. The summed E-state index contributed by atoms with van der Waals surface area (Å²) in [7, 11) is 0. The molecule has 4 N–H and O–H groups in total. The Hall–Kier alpha value is -1.00. The number of fused-ring (bicyclic) bond motifs is 1. The van der Waals surface area contributed by atoms with Gasteiger partial charge in [0.1, 0.15) is 0 Å². The molecule has 1 aliphatic heterocycles. The average Bonchev–Trinajstić information content (AvgIpc) is 2.59. The van der Waals surface area contributed by atoms with Gasteiger partial charge in [-0.1, -0.05) is 22.0 Å². The zero-order valence-corrected chi connectivity index (χ0v) is 10.00. The van der Waals surface area contributed by atoms with Gasteiger partial charge in [-0.05, 0) is 23.3 Å². The monoisotopic (exact) mass is 267 g/mol. The Morgan fingerprint density at radius 2 is 2.13 bits per heavy atom. The molecule has 0 saturated carbocycles. The topological polar surface area (TPSA) is 55.3 Å². The molecule has 80 valence electrons. The molecule has 0 radical (unpaired) electrons. The minimum atomic E-state index is 0.724. The quantitative estimate of drug-likeness (QED) is 0.855. The van der Waals surface area contributed by atoms with Crippen molar-refractivity contribution in [2.24, 2.45) is 11.5 Å². The van der Waals surface area contributed by atoms with Crippen LogP contribution in [0.4, 0.5) is 0 Å². The zero-order valence-electron chi connectivity index (χ0n) is 8.41. The highest BCUT2D eigenvalue weighted by molar-refractivity contribution is 9.10. The van der Waals surface area contributed by atoms with Crippen LogP contribution in [-0.2, 0) is 13.1 Å². The molecule has 0 aliphatic carbocycles. The molecule has 15 heavy (non-hydrogen) atoms. The first kappa shape index (κ1) is 10.5. The van der Waals surface area contributed by atoms with Gasteiger partial charge in [0.05, 0.1) is 0 Å². The summed E-state index contributed by atoms with van der Waals surface area (Å²) in [6, 6.07) is 6.39. The predicted octanol–water partition coefficient (Wildman–Crippen LogP) is 1.52. The van der Waals surface area contributed by atoms with Crippen LogP contribution in [0.3, 0.4) is 0 Å². The summed E-state index contributed by atoms with van der Waals surface area (Å²) >= 11 is 3.47. The molecule has 1 aromatic rings. The fraction of sp³-hybridized carbons (Fsp3) is 0.273. The summed E-state index contributed by atoms with van der Waals surface area (Å²) in [5.41, 5.74) is 14.5. The maximum atomic E-state index is 5.70. The van der Waals surface area contributed by atoms with E-state index in [1.807, 2.05) is 0 Å². The van der Waals surface area contributed by atoms with E-state index in [-0.39, 0.29) is 0 Å². The lowest BCUT2D eigenvalue weighted by Gasteiger charge is -2.13. The van der Waals surface area contributed by atoms with E-state index >= 15 is 0 Å². The van der Waals surface area contributed by atoms with Crippen LogP contribution in [0.15, 0.2) is 34.6 Å². The fourth-order valence-corrected chi connectivity index (χ4v) is 2.26. The lowest BCUT2D eigenvalue weighted by molar-refractivity contribution is 0.308. The third-order valence-electron chi connectivity index (χ3n) is 2.58. The maximum Gasteiger partial charge on any atom is 0.0401 e. The van der Waals surface area contributed by atoms with Crippen molar-refractivity contribution in [2.45, 2.75) is 13.1 Å². The largest absolute Gasteiger partial charge is 0.403 e. The van der Waals surface area contributed by atoms with Crippen LogP contribution in [0, 0.1) is 0 Å². The molecule has 1 aromatic carbocycles. The Morgan fingerprint density at radius 3 is 2.87 bits per heavy atom. The second-order valence-corrected chi connectivity index (χ2v) is 4.72. The van der Waals surface area contributed by atoms with Gasteiger partial charge < -0.3 is 11.5 Å². The number of nitrogens with zero attached hydrogens (tertiary/aromatic N) is 1. The van der Waals surface area contributed by atoms with E-state index in [1.165, 1.54) is 17.3 Å². The van der Waals surface area contributed by atoms with Crippen molar-refractivity contribution in [3.63, 3.8) is 0 Å². The van der Waals surface area contributed by atoms with Crippen molar-refractivity contribution in [2.75, 3.05) is 6.54 Å². The Balaban J connectivity index is 2.09. The lowest BCUT2D eigenvalue weighted by atomic mass is 10.1. The molecule has 4 heteroatoms. The average molecular weight is 268 g/mol. The molecule has 0 atom stereocenters. The fourth-order valence-electron chi connectivity index (χ4n) is 1.86. The van der Waals surface area contributed by atoms with Gasteiger partial charge in [0.25, 0.3) is 0 Å². The highest BCUT2D eigenvalue weighted by Gasteiger charge is 2.18. The summed E-state index contributed by atoms with van der Waals surface area (Å²) in [6.07, 6.45) is 1.47. The molecule has 0 amide bonds. The summed E-state index contributed by atoms with van der Waals surface area (Å²) < 4.78 is 1.13. The van der Waals surface area contributed by atoms with Crippen LogP contribution in [-0.4, -0.2) is 11.4 Å². The van der Waals surface area contributed by atoms with Gasteiger partial charge in [0.15, 0.2) is 0 Å². The van der Waals surface area contributed by atoms with Crippen LogP contribution in [0.2, 0.25) is 0 Å². The number of hydrogen-bond donors (Lipinski definition) is 2. The van der Waals surface area contributed by atoms with Gasteiger partial charge in [0, 0.05) is 36.0 Å². The van der Waals surface area contributed by atoms with Gasteiger partial charge in [-0.25, -0.2) is 0 Å². The second-order valence-electron chi connectivity index (χ2n) is 3.80. The van der Waals surface area contributed by atoms with E-state index in [9.17, 15) is 0 Å². The highest BCUT2D eigenvalue weighted by atomic mass is 79.9. The van der Waals surface area contributed by atoms with Crippen molar-refractivity contribution in [1.29, 1.82) is 0 Å². The van der Waals surface area contributed by atoms with Crippen molar-refractivity contribution < 1.29 is 0 Å². The summed E-state index contributed by atoms with van der Waals surface area (Å²) in [4.78, 5) is 2.27. The second kappa shape index (κ2) is 4.24. The van der Waals surface area contributed by atoms with Gasteiger partial charge in [0.2, 0.25) is 0 Å². The van der Waals surface area contributed by atoms with Crippen molar-refractivity contribution in [3.8, 4) is 0 Å². The third-order valence-corrected chi connectivity index (χ3v) is 3.07.